The standard InChI is InChI=1S/C20H22ClFN4O3/c1-14(23-20(27)15-5-7-16(22)8-6-15)13-24-9-11-25(12-10-24)17-3-2-4-18(19(17)21)26(28)29/h2-8,14H,9-13H2,1H3,(H,23,27)/t14-/m1/s1. The molecule has 1 heterocycles. The van der Waals surface area contributed by atoms with Gasteiger partial charge in [-0.25, -0.2) is 4.39 Å². The topological polar surface area (TPSA) is 78.7 Å². The number of amides is 1. The fourth-order valence-corrected chi connectivity index (χ4v) is 3.72. The van der Waals surface area contributed by atoms with Crippen LogP contribution in [0.4, 0.5) is 15.8 Å². The summed E-state index contributed by atoms with van der Waals surface area (Å²) in [5, 5.41) is 14.2. The van der Waals surface area contributed by atoms with E-state index in [1.807, 2.05) is 11.8 Å². The van der Waals surface area contributed by atoms with Crippen molar-refractivity contribution >= 4 is 28.9 Å². The van der Waals surface area contributed by atoms with E-state index in [0.29, 0.717) is 30.9 Å². The summed E-state index contributed by atoms with van der Waals surface area (Å²) in [4.78, 5) is 27.1. The molecular formula is C20H22ClFN4O3. The third-order valence-electron chi connectivity index (χ3n) is 4.88. The maximum absolute atomic E-state index is 13.0. The van der Waals surface area contributed by atoms with E-state index in [9.17, 15) is 19.3 Å². The first kappa shape index (κ1) is 21.0. The van der Waals surface area contributed by atoms with Gasteiger partial charge < -0.3 is 10.2 Å². The molecule has 3 rings (SSSR count). The van der Waals surface area contributed by atoms with Crippen LogP contribution in [0.3, 0.4) is 0 Å². The maximum Gasteiger partial charge on any atom is 0.290 e. The van der Waals surface area contributed by atoms with Gasteiger partial charge in [-0.05, 0) is 37.3 Å². The fraction of sp³-hybridized carbons (Fsp3) is 0.350. The van der Waals surface area contributed by atoms with Crippen molar-refractivity contribution in [2.75, 3.05) is 37.6 Å². The number of carbonyl (C=O) groups is 1. The van der Waals surface area contributed by atoms with E-state index >= 15 is 0 Å². The molecule has 0 bridgehead atoms. The number of anilines is 1. The summed E-state index contributed by atoms with van der Waals surface area (Å²) in [6, 6.07) is 10.2. The summed E-state index contributed by atoms with van der Waals surface area (Å²) in [6.07, 6.45) is 0. The van der Waals surface area contributed by atoms with Crippen LogP contribution in [0.2, 0.25) is 5.02 Å². The highest BCUT2D eigenvalue weighted by atomic mass is 35.5. The van der Waals surface area contributed by atoms with E-state index in [1.165, 1.54) is 30.3 Å². The Morgan fingerprint density at radius 1 is 1.21 bits per heavy atom. The zero-order valence-electron chi connectivity index (χ0n) is 16.0. The molecule has 7 nitrogen and oxygen atoms in total. The van der Waals surface area contributed by atoms with Crippen LogP contribution >= 0.6 is 11.6 Å². The minimum Gasteiger partial charge on any atom is -0.368 e. The lowest BCUT2D eigenvalue weighted by Crippen LogP contribution is -2.51. The van der Waals surface area contributed by atoms with Crippen molar-refractivity contribution in [2.24, 2.45) is 0 Å². The van der Waals surface area contributed by atoms with Crippen LogP contribution < -0.4 is 10.2 Å². The normalized spacial score (nSPS) is 15.8. The van der Waals surface area contributed by atoms with Crippen LogP contribution in [0.1, 0.15) is 17.3 Å². The number of nitrogens with one attached hydrogen (secondary N) is 1. The van der Waals surface area contributed by atoms with Crippen LogP contribution in [0, 0.1) is 15.9 Å². The Balaban J connectivity index is 1.52. The Morgan fingerprint density at radius 3 is 2.48 bits per heavy atom. The number of halogens is 2. The van der Waals surface area contributed by atoms with Crippen LogP contribution in [-0.2, 0) is 0 Å². The minimum atomic E-state index is -0.479. The number of carbonyl (C=O) groups excluding carboxylic acids is 1. The lowest BCUT2D eigenvalue weighted by molar-refractivity contribution is -0.384. The Labute approximate surface area is 173 Å². The molecule has 0 saturated carbocycles. The second-order valence-electron chi connectivity index (χ2n) is 7.04. The molecule has 154 valence electrons. The van der Waals surface area contributed by atoms with Gasteiger partial charge in [0.25, 0.3) is 11.6 Å². The van der Waals surface area contributed by atoms with E-state index in [-0.39, 0.29) is 28.5 Å². The van der Waals surface area contributed by atoms with Gasteiger partial charge in [-0.3, -0.25) is 19.8 Å². The lowest BCUT2D eigenvalue weighted by Gasteiger charge is -2.37. The van der Waals surface area contributed by atoms with E-state index in [0.717, 1.165) is 13.1 Å². The van der Waals surface area contributed by atoms with Crippen molar-refractivity contribution in [3.05, 3.63) is 69.0 Å². The number of hydrogen-bond acceptors (Lipinski definition) is 5. The molecule has 1 aliphatic heterocycles. The van der Waals surface area contributed by atoms with Gasteiger partial charge in [0.05, 0.1) is 10.6 Å². The lowest BCUT2D eigenvalue weighted by atomic mass is 10.2. The zero-order chi connectivity index (χ0) is 21.0. The average molecular weight is 421 g/mol. The average Bonchev–Trinajstić information content (AvgIpc) is 2.69. The first-order chi connectivity index (χ1) is 13.8. The summed E-state index contributed by atoms with van der Waals surface area (Å²) in [5.41, 5.74) is 0.991. The van der Waals surface area contributed by atoms with Crippen molar-refractivity contribution in [1.29, 1.82) is 0 Å². The van der Waals surface area contributed by atoms with Gasteiger partial charge >= 0.3 is 0 Å². The summed E-state index contributed by atoms with van der Waals surface area (Å²) in [7, 11) is 0. The van der Waals surface area contributed by atoms with Crippen LogP contribution in [0.15, 0.2) is 42.5 Å². The predicted molar refractivity (Wildman–Crippen MR) is 110 cm³/mol. The second-order valence-corrected chi connectivity index (χ2v) is 7.41. The van der Waals surface area contributed by atoms with E-state index in [1.54, 1.807) is 12.1 Å². The number of piperazine rings is 1. The molecule has 0 radical (unpaired) electrons. The van der Waals surface area contributed by atoms with Gasteiger partial charge in [0.2, 0.25) is 0 Å². The molecule has 1 saturated heterocycles. The van der Waals surface area contributed by atoms with E-state index in [2.05, 4.69) is 10.2 Å². The zero-order valence-corrected chi connectivity index (χ0v) is 16.7. The van der Waals surface area contributed by atoms with E-state index in [4.69, 9.17) is 11.6 Å². The SMILES string of the molecule is C[C@H](CN1CCN(c2cccc([N+](=O)[O-])c2Cl)CC1)NC(=O)c1ccc(F)cc1. The summed E-state index contributed by atoms with van der Waals surface area (Å²) in [6.45, 7) is 5.44. The molecule has 0 aliphatic carbocycles. The number of nitrogens with zero attached hydrogens (tertiary/aromatic N) is 3. The molecule has 0 spiro atoms. The monoisotopic (exact) mass is 420 g/mol. The Bertz CT molecular complexity index is 886. The molecule has 1 amide bonds. The van der Waals surface area contributed by atoms with Crippen molar-refractivity contribution in [1.82, 2.24) is 10.2 Å². The molecule has 1 atom stereocenters. The van der Waals surface area contributed by atoms with Crippen LogP contribution in [-0.4, -0.2) is 54.5 Å². The second kappa shape index (κ2) is 9.19. The molecule has 2 aromatic rings. The molecule has 0 unspecified atom stereocenters. The van der Waals surface area contributed by atoms with Crippen LogP contribution in [0.25, 0.3) is 0 Å². The first-order valence-corrected chi connectivity index (χ1v) is 9.69. The maximum atomic E-state index is 13.0. The van der Waals surface area contributed by atoms with Gasteiger partial charge in [0, 0.05) is 50.4 Å². The summed E-state index contributed by atoms with van der Waals surface area (Å²) < 4.78 is 13.0. The smallest absolute Gasteiger partial charge is 0.290 e. The van der Waals surface area contributed by atoms with E-state index < -0.39 is 4.92 Å². The van der Waals surface area contributed by atoms with Gasteiger partial charge in [-0.15, -0.1) is 0 Å². The highest BCUT2D eigenvalue weighted by molar-refractivity contribution is 6.35. The quantitative estimate of drug-likeness (QED) is 0.573. The highest BCUT2D eigenvalue weighted by Crippen LogP contribution is 2.34. The van der Waals surface area contributed by atoms with Crippen molar-refractivity contribution in [3.8, 4) is 0 Å². The molecule has 2 aromatic carbocycles. The number of hydrogen-bond donors (Lipinski definition) is 1. The molecule has 9 heteroatoms. The molecule has 1 fully saturated rings. The molecule has 0 aromatic heterocycles. The van der Waals surface area contributed by atoms with Gasteiger partial charge in [0.1, 0.15) is 10.8 Å². The molecule has 29 heavy (non-hydrogen) atoms. The summed E-state index contributed by atoms with van der Waals surface area (Å²) in [5.74, 6) is -0.615. The van der Waals surface area contributed by atoms with Crippen molar-refractivity contribution in [3.63, 3.8) is 0 Å². The highest BCUT2D eigenvalue weighted by Gasteiger charge is 2.24. The van der Waals surface area contributed by atoms with Crippen LogP contribution in [0.5, 0.6) is 0 Å². The van der Waals surface area contributed by atoms with Gasteiger partial charge in [-0.1, -0.05) is 17.7 Å². The first-order valence-electron chi connectivity index (χ1n) is 9.32. The number of nitro groups is 1. The Morgan fingerprint density at radius 2 is 1.86 bits per heavy atom. The van der Waals surface area contributed by atoms with Gasteiger partial charge in [-0.2, -0.15) is 0 Å². The third kappa shape index (κ3) is 5.21. The number of nitro benzene ring substituents is 1. The predicted octanol–water partition coefficient (Wildman–Crippen LogP) is 3.33. The molecule has 1 aliphatic rings. The number of benzene rings is 2. The Kier molecular flexibility index (Phi) is 6.66. The fourth-order valence-electron chi connectivity index (χ4n) is 3.41. The third-order valence-corrected chi connectivity index (χ3v) is 5.27. The van der Waals surface area contributed by atoms with Crippen molar-refractivity contribution in [2.45, 2.75) is 13.0 Å². The Hall–Kier alpha value is -2.71. The molecule has 1 N–H and O–H groups in total. The minimum absolute atomic E-state index is 0.0829. The molecular weight excluding hydrogens is 399 g/mol. The largest absolute Gasteiger partial charge is 0.368 e. The van der Waals surface area contributed by atoms with Crippen molar-refractivity contribution < 1.29 is 14.1 Å². The van der Waals surface area contributed by atoms with Gasteiger partial charge in [0.15, 0.2) is 0 Å². The number of rotatable bonds is 6. The summed E-state index contributed by atoms with van der Waals surface area (Å²) >= 11 is 6.22.